The Morgan fingerprint density at radius 3 is 1.47 bits per heavy atom. The van der Waals surface area contributed by atoms with Gasteiger partial charge in [-0.05, 0) is 105 Å². The molecule has 0 N–H and O–H groups in total. The quantitative estimate of drug-likeness (QED) is 0.172. The number of rotatable bonds is 4. The fourth-order valence-corrected chi connectivity index (χ4v) is 13.6. The van der Waals surface area contributed by atoms with Crippen LogP contribution in [0.3, 0.4) is 0 Å². The van der Waals surface area contributed by atoms with E-state index in [9.17, 15) is 0 Å². The molecule has 0 aliphatic carbocycles. The number of nitrogens with zero attached hydrogens (tertiary/aromatic N) is 1. The summed E-state index contributed by atoms with van der Waals surface area (Å²) < 4.78 is 20.0. The van der Waals surface area contributed by atoms with Gasteiger partial charge in [-0.15, -0.1) is 0 Å². The molecule has 11 rings (SSSR count). The average molecular weight is 698 g/mol. The number of anilines is 3. The molecule has 9 aromatic rings. The van der Waals surface area contributed by atoms with Crippen LogP contribution in [-0.4, -0.2) is 8.07 Å². The van der Waals surface area contributed by atoms with E-state index in [4.69, 9.17) is 13.9 Å². The molecule has 5 heteroatoms. The normalized spacial score (nSPS) is 13.4. The summed E-state index contributed by atoms with van der Waals surface area (Å²) in [7, 11) is -2.93. The van der Waals surface area contributed by atoms with Crippen LogP contribution in [0.15, 0.2) is 192 Å². The van der Waals surface area contributed by atoms with Gasteiger partial charge in [-0.25, -0.2) is 0 Å². The van der Waals surface area contributed by atoms with Gasteiger partial charge in [0.15, 0.2) is 8.07 Å². The van der Waals surface area contributed by atoms with Crippen molar-refractivity contribution in [3.63, 3.8) is 0 Å². The molecule has 4 nitrogen and oxygen atoms in total. The van der Waals surface area contributed by atoms with Gasteiger partial charge in [-0.3, -0.25) is 0 Å². The highest BCUT2D eigenvalue weighted by molar-refractivity contribution is 7.21. The van der Waals surface area contributed by atoms with Crippen LogP contribution in [0, 0.1) is 0 Å². The minimum absolute atomic E-state index is 0.844. The molecular formula is C48H31NO3Si. The van der Waals surface area contributed by atoms with E-state index < -0.39 is 8.07 Å². The molecule has 3 heterocycles. The van der Waals surface area contributed by atoms with Crippen molar-refractivity contribution in [1.82, 2.24) is 0 Å². The first-order chi connectivity index (χ1) is 26.3. The largest absolute Gasteiger partial charge is 0.458 e. The third-order valence-corrected chi connectivity index (χ3v) is 15.6. The number of fused-ring (bicyclic) bond motifs is 11. The molecule has 0 unspecified atom stereocenters. The highest BCUT2D eigenvalue weighted by Crippen LogP contribution is 2.42. The first kappa shape index (κ1) is 29.9. The minimum Gasteiger partial charge on any atom is -0.458 e. The first-order valence-corrected chi connectivity index (χ1v) is 19.9. The van der Waals surface area contributed by atoms with Crippen LogP contribution in [0.4, 0.5) is 17.1 Å². The summed E-state index contributed by atoms with van der Waals surface area (Å²) in [6.07, 6.45) is 0. The van der Waals surface area contributed by atoms with Crippen molar-refractivity contribution < 1.29 is 13.9 Å². The van der Waals surface area contributed by atoms with Crippen molar-refractivity contribution in [3.05, 3.63) is 188 Å². The van der Waals surface area contributed by atoms with Gasteiger partial charge in [0.1, 0.15) is 34.2 Å². The number of ether oxygens (including phenoxy) is 2. The Balaban J connectivity index is 1.13. The monoisotopic (exact) mass is 697 g/mol. The maximum Gasteiger partial charge on any atom is 0.196 e. The number of hydrogen-bond acceptors (Lipinski definition) is 4. The molecule has 0 atom stereocenters. The van der Waals surface area contributed by atoms with Crippen LogP contribution < -0.4 is 35.1 Å². The molecule has 0 radical (unpaired) electrons. The van der Waals surface area contributed by atoms with Crippen LogP contribution in [0.25, 0.3) is 33.1 Å². The lowest BCUT2D eigenvalue weighted by molar-refractivity contribution is 0.481. The van der Waals surface area contributed by atoms with Gasteiger partial charge >= 0.3 is 0 Å². The zero-order valence-corrected chi connectivity index (χ0v) is 29.6. The van der Waals surface area contributed by atoms with Crippen molar-refractivity contribution in [2.75, 3.05) is 4.90 Å². The van der Waals surface area contributed by atoms with E-state index in [0.717, 1.165) is 67.6 Å². The van der Waals surface area contributed by atoms with Crippen molar-refractivity contribution >= 4 is 67.8 Å². The van der Waals surface area contributed by atoms with Gasteiger partial charge in [0.2, 0.25) is 0 Å². The van der Waals surface area contributed by atoms with Gasteiger partial charge in [-0.1, -0.05) is 109 Å². The summed E-state index contributed by atoms with van der Waals surface area (Å²) in [6, 6.07) is 66.4. The van der Waals surface area contributed by atoms with Crippen LogP contribution in [0.5, 0.6) is 23.0 Å². The van der Waals surface area contributed by atoms with Crippen LogP contribution in [0.2, 0.25) is 0 Å². The summed E-state index contributed by atoms with van der Waals surface area (Å²) >= 11 is 0. The Hall–Kier alpha value is -6.82. The predicted molar refractivity (Wildman–Crippen MR) is 218 cm³/mol. The third kappa shape index (κ3) is 4.48. The summed E-state index contributed by atoms with van der Waals surface area (Å²) in [5, 5.41) is 7.05. The van der Waals surface area contributed by atoms with E-state index >= 15 is 0 Å². The average Bonchev–Trinajstić information content (AvgIpc) is 3.59. The van der Waals surface area contributed by atoms with E-state index in [1.54, 1.807) is 0 Å². The number of hydrogen-bond donors (Lipinski definition) is 0. The van der Waals surface area contributed by atoms with Crippen molar-refractivity contribution in [2.24, 2.45) is 0 Å². The molecule has 8 aromatic carbocycles. The smallest absolute Gasteiger partial charge is 0.196 e. The Kier molecular flexibility index (Phi) is 6.54. The molecule has 1 spiro atoms. The van der Waals surface area contributed by atoms with Crippen LogP contribution >= 0.6 is 0 Å². The molecule has 2 aliphatic heterocycles. The van der Waals surface area contributed by atoms with Crippen molar-refractivity contribution in [1.29, 1.82) is 0 Å². The number of para-hydroxylation sites is 4. The summed E-state index contributed by atoms with van der Waals surface area (Å²) in [5.74, 6) is 3.57. The SMILES string of the molecule is c1ccc(-c2ccc3c(c2)oc2cc(N(c4ccccc4)c4ccc5c(c4)[Si]4(c6ccccc6Oc6ccccc64)c4ccccc4O5)ccc23)cc1. The summed E-state index contributed by atoms with van der Waals surface area (Å²) in [4.78, 5) is 2.32. The maximum atomic E-state index is 6.77. The molecule has 0 saturated carbocycles. The zero-order valence-electron chi connectivity index (χ0n) is 28.6. The maximum absolute atomic E-state index is 6.77. The van der Waals surface area contributed by atoms with E-state index in [0.29, 0.717) is 0 Å². The van der Waals surface area contributed by atoms with E-state index in [1.807, 2.05) is 6.07 Å². The predicted octanol–water partition coefficient (Wildman–Crippen LogP) is 10.3. The molecule has 1 aromatic heterocycles. The molecular weight excluding hydrogens is 667 g/mol. The highest BCUT2D eigenvalue weighted by Gasteiger charge is 2.53. The summed E-state index contributed by atoms with van der Waals surface area (Å²) in [5.41, 5.74) is 7.11. The lowest BCUT2D eigenvalue weighted by Gasteiger charge is -2.43. The molecule has 53 heavy (non-hydrogen) atoms. The second kappa shape index (κ2) is 11.6. The number of furan rings is 1. The van der Waals surface area contributed by atoms with Crippen LogP contribution in [0.1, 0.15) is 0 Å². The first-order valence-electron chi connectivity index (χ1n) is 17.9. The van der Waals surface area contributed by atoms with Crippen molar-refractivity contribution in [3.8, 4) is 34.1 Å². The molecule has 0 bridgehead atoms. The Labute approximate surface area is 307 Å². The molecule has 0 saturated heterocycles. The van der Waals surface area contributed by atoms with Crippen molar-refractivity contribution in [2.45, 2.75) is 0 Å². The standard InChI is InChI=1S/C48H31NO3Si/c1-3-13-32(14-4-1)33-23-26-37-38-27-24-35(30-44(38)52-43(37)29-33)49(34-15-5-2-6-16-34)36-25-28-42-48(31-36)53(47-22-12-9-19-41(47)51-42)45-20-10-7-17-39(45)50-40-18-8-11-21-46(40)53/h1-31H. The molecule has 250 valence electrons. The van der Waals surface area contributed by atoms with Gasteiger partial charge in [0, 0.05) is 33.9 Å². The Bertz CT molecular complexity index is 2760. The lowest BCUT2D eigenvalue weighted by Crippen LogP contribution is -2.77. The van der Waals surface area contributed by atoms with Gasteiger partial charge < -0.3 is 18.8 Å². The second-order valence-corrected chi connectivity index (χ2v) is 17.3. The van der Waals surface area contributed by atoms with E-state index in [-0.39, 0.29) is 0 Å². The number of benzene rings is 8. The van der Waals surface area contributed by atoms with E-state index in [2.05, 4.69) is 187 Å². The topological polar surface area (TPSA) is 34.8 Å². The summed E-state index contributed by atoms with van der Waals surface area (Å²) in [6.45, 7) is 0. The second-order valence-electron chi connectivity index (χ2n) is 13.7. The minimum atomic E-state index is -2.93. The molecule has 2 aliphatic rings. The Morgan fingerprint density at radius 2 is 0.830 bits per heavy atom. The fraction of sp³-hybridized carbons (Fsp3) is 0. The van der Waals surface area contributed by atoms with Gasteiger partial charge in [-0.2, -0.15) is 0 Å². The molecule has 0 amide bonds. The third-order valence-electron chi connectivity index (χ3n) is 10.8. The van der Waals surface area contributed by atoms with E-state index in [1.165, 1.54) is 26.3 Å². The van der Waals surface area contributed by atoms with Crippen LogP contribution in [-0.2, 0) is 0 Å². The molecule has 0 fully saturated rings. The lowest BCUT2D eigenvalue weighted by atomic mass is 10.0. The Morgan fingerprint density at radius 1 is 0.340 bits per heavy atom. The fourth-order valence-electron chi connectivity index (χ4n) is 8.48. The van der Waals surface area contributed by atoms with Gasteiger partial charge in [0.25, 0.3) is 0 Å². The highest BCUT2D eigenvalue weighted by atomic mass is 28.3. The van der Waals surface area contributed by atoms with Gasteiger partial charge in [0.05, 0.1) is 0 Å². The zero-order chi connectivity index (χ0) is 34.9.